The van der Waals surface area contributed by atoms with Crippen molar-refractivity contribution >= 4 is 75.1 Å². The van der Waals surface area contributed by atoms with Gasteiger partial charge in [-0.05, 0) is 24.5 Å². The van der Waals surface area contributed by atoms with Crippen LogP contribution in [0.5, 0.6) is 0 Å². The second-order valence-electron chi connectivity index (χ2n) is 6.18. The average molecular weight is 453 g/mol. The number of anilines is 1. The van der Waals surface area contributed by atoms with E-state index in [0.717, 1.165) is 21.6 Å². The zero-order valence-electron chi connectivity index (χ0n) is 15.2. The Kier molecular flexibility index (Phi) is 6.30. The smallest absolute Gasteiger partial charge is 0.326 e. The van der Waals surface area contributed by atoms with Crippen LogP contribution in [0.2, 0.25) is 0 Å². The number of hydrogen-bond donors (Lipinski definition) is 2. The Morgan fingerprint density at radius 1 is 1.21 bits per heavy atom. The van der Waals surface area contributed by atoms with Crippen molar-refractivity contribution < 1.29 is 29.4 Å². The fourth-order valence-electron chi connectivity index (χ4n) is 3.18. The summed E-state index contributed by atoms with van der Waals surface area (Å²) in [5, 5.41) is 18.7. The van der Waals surface area contributed by atoms with Crippen LogP contribution in [0.3, 0.4) is 0 Å². The third-order valence-corrected chi connectivity index (χ3v) is 6.48. The van der Waals surface area contributed by atoms with Crippen LogP contribution in [0.15, 0.2) is 29.2 Å². The highest BCUT2D eigenvalue weighted by Gasteiger charge is 2.45. The van der Waals surface area contributed by atoms with Gasteiger partial charge in [-0.3, -0.25) is 24.2 Å². The topological polar surface area (TPSA) is 115 Å². The lowest BCUT2D eigenvalue weighted by molar-refractivity contribution is -0.145. The van der Waals surface area contributed by atoms with Crippen molar-refractivity contribution in [3.63, 3.8) is 0 Å². The SMILES string of the molecule is CSCCC(C(=O)O)N1C(=O)C(=C2C(=O)N(CC(=O)O)c3ccccc32)SC1=S. The minimum Gasteiger partial charge on any atom is -0.480 e. The Morgan fingerprint density at radius 3 is 2.52 bits per heavy atom. The molecule has 1 unspecified atom stereocenters. The van der Waals surface area contributed by atoms with E-state index in [1.54, 1.807) is 24.3 Å². The van der Waals surface area contributed by atoms with Gasteiger partial charge in [0.05, 0.1) is 16.2 Å². The van der Waals surface area contributed by atoms with Gasteiger partial charge in [-0.25, -0.2) is 4.79 Å². The number of carboxylic acids is 2. The van der Waals surface area contributed by atoms with Gasteiger partial charge in [0, 0.05) is 5.56 Å². The molecule has 1 saturated heterocycles. The summed E-state index contributed by atoms with van der Waals surface area (Å²) in [6.45, 7) is -0.550. The summed E-state index contributed by atoms with van der Waals surface area (Å²) >= 11 is 7.58. The lowest BCUT2D eigenvalue weighted by atomic mass is 10.1. The zero-order chi connectivity index (χ0) is 21.3. The van der Waals surface area contributed by atoms with Gasteiger partial charge in [0.2, 0.25) is 0 Å². The van der Waals surface area contributed by atoms with Gasteiger partial charge in [-0.15, -0.1) is 0 Å². The standard InChI is InChI=1S/C18H16N2O6S3/c1-28-7-6-11(17(25)26)20-16(24)14(29-18(20)27)13-9-4-2-3-5-10(9)19(15(13)23)8-12(21)22/h2-5,11H,6-8H2,1H3,(H,21,22)(H,25,26). The molecule has 1 aromatic carbocycles. The van der Waals surface area contributed by atoms with E-state index in [1.807, 2.05) is 6.26 Å². The molecule has 0 bridgehead atoms. The molecule has 29 heavy (non-hydrogen) atoms. The van der Waals surface area contributed by atoms with Crippen molar-refractivity contribution in [3.05, 3.63) is 34.7 Å². The molecule has 0 radical (unpaired) electrons. The Balaban J connectivity index is 2.06. The van der Waals surface area contributed by atoms with E-state index >= 15 is 0 Å². The normalized spacial score (nSPS) is 19.7. The molecule has 0 aliphatic carbocycles. The molecule has 0 spiro atoms. The third kappa shape index (κ3) is 3.89. The van der Waals surface area contributed by atoms with Crippen molar-refractivity contribution in [2.75, 3.05) is 23.5 Å². The number of hydrogen-bond acceptors (Lipinski definition) is 7. The van der Waals surface area contributed by atoms with E-state index in [-0.39, 0.29) is 21.2 Å². The molecule has 1 aromatic rings. The summed E-state index contributed by atoms with van der Waals surface area (Å²) < 4.78 is 0.0629. The molecule has 2 aliphatic rings. The molecule has 2 N–H and O–H groups in total. The van der Waals surface area contributed by atoms with Gasteiger partial charge in [0.15, 0.2) is 0 Å². The van der Waals surface area contributed by atoms with Crippen molar-refractivity contribution in [2.45, 2.75) is 12.5 Å². The maximum Gasteiger partial charge on any atom is 0.326 e. The number of fused-ring (bicyclic) bond motifs is 1. The second-order valence-corrected chi connectivity index (χ2v) is 8.81. The van der Waals surface area contributed by atoms with E-state index in [1.165, 1.54) is 11.8 Å². The molecule has 1 atom stereocenters. The predicted molar refractivity (Wildman–Crippen MR) is 115 cm³/mol. The fourth-order valence-corrected chi connectivity index (χ4v) is 5.07. The summed E-state index contributed by atoms with van der Waals surface area (Å²) in [4.78, 5) is 51.1. The minimum atomic E-state index is -1.19. The summed E-state index contributed by atoms with van der Waals surface area (Å²) in [6.07, 6.45) is 2.04. The number of amides is 2. The number of carbonyl (C=O) groups excluding carboxylic acids is 2. The van der Waals surface area contributed by atoms with Gasteiger partial charge in [0.1, 0.15) is 16.9 Å². The van der Waals surface area contributed by atoms with Gasteiger partial charge in [0.25, 0.3) is 11.8 Å². The number of carbonyl (C=O) groups is 4. The summed E-state index contributed by atoms with van der Waals surface area (Å²) in [6, 6.07) is 5.44. The van der Waals surface area contributed by atoms with Crippen LogP contribution in [0.4, 0.5) is 5.69 Å². The third-order valence-electron chi connectivity index (χ3n) is 4.43. The molecule has 2 aliphatic heterocycles. The molecule has 2 heterocycles. The number of thiocarbonyl (C=S) groups is 1. The highest BCUT2D eigenvalue weighted by molar-refractivity contribution is 8.26. The molecular formula is C18H16N2O6S3. The molecule has 8 nitrogen and oxygen atoms in total. The summed E-state index contributed by atoms with van der Waals surface area (Å²) in [5.41, 5.74) is 0.864. The lowest BCUT2D eigenvalue weighted by Crippen LogP contribution is -2.44. The minimum absolute atomic E-state index is 0.0238. The molecule has 11 heteroatoms. The number of nitrogens with zero attached hydrogens (tertiary/aromatic N) is 2. The summed E-state index contributed by atoms with van der Waals surface area (Å²) in [7, 11) is 0. The van der Waals surface area contributed by atoms with Crippen molar-refractivity contribution in [2.24, 2.45) is 0 Å². The van der Waals surface area contributed by atoms with Crippen LogP contribution in [-0.2, 0) is 19.2 Å². The first-order valence-corrected chi connectivity index (χ1v) is 11.0. The predicted octanol–water partition coefficient (Wildman–Crippen LogP) is 1.90. The molecule has 2 amide bonds. The Bertz CT molecular complexity index is 961. The van der Waals surface area contributed by atoms with Crippen molar-refractivity contribution in [1.82, 2.24) is 4.90 Å². The van der Waals surface area contributed by atoms with Crippen LogP contribution in [0.25, 0.3) is 5.57 Å². The highest BCUT2D eigenvalue weighted by atomic mass is 32.2. The van der Waals surface area contributed by atoms with Crippen LogP contribution >= 0.6 is 35.7 Å². The molecule has 1 fully saturated rings. The van der Waals surface area contributed by atoms with Gasteiger partial charge in [-0.2, -0.15) is 11.8 Å². The second kappa shape index (κ2) is 8.56. The van der Waals surface area contributed by atoms with E-state index < -0.39 is 36.3 Å². The van der Waals surface area contributed by atoms with Crippen LogP contribution in [0.1, 0.15) is 12.0 Å². The number of para-hydroxylation sites is 1. The molecule has 0 aromatic heterocycles. The monoisotopic (exact) mass is 452 g/mol. The first-order chi connectivity index (χ1) is 13.8. The van der Waals surface area contributed by atoms with E-state index in [0.29, 0.717) is 17.0 Å². The first kappa shape index (κ1) is 21.3. The average Bonchev–Trinajstić information content (AvgIpc) is 3.09. The van der Waals surface area contributed by atoms with Crippen LogP contribution in [0, 0.1) is 0 Å². The Labute approximate surface area is 179 Å². The number of thioether (sulfide) groups is 2. The Morgan fingerprint density at radius 2 is 1.90 bits per heavy atom. The lowest BCUT2D eigenvalue weighted by Gasteiger charge is -2.22. The van der Waals surface area contributed by atoms with E-state index in [4.69, 9.17) is 17.3 Å². The van der Waals surface area contributed by atoms with E-state index in [2.05, 4.69) is 0 Å². The molecule has 152 valence electrons. The van der Waals surface area contributed by atoms with Crippen molar-refractivity contribution in [3.8, 4) is 0 Å². The zero-order valence-corrected chi connectivity index (χ0v) is 17.6. The van der Waals surface area contributed by atoms with Crippen molar-refractivity contribution in [1.29, 1.82) is 0 Å². The molecule has 0 saturated carbocycles. The summed E-state index contributed by atoms with van der Waals surface area (Å²) in [5.74, 6) is -3.11. The van der Waals surface area contributed by atoms with E-state index in [9.17, 15) is 24.3 Å². The van der Waals surface area contributed by atoms with Gasteiger partial charge < -0.3 is 10.2 Å². The van der Waals surface area contributed by atoms with Crippen LogP contribution in [-0.4, -0.2) is 67.8 Å². The Hall–Kier alpha value is -2.37. The van der Waals surface area contributed by atoms with Crippen LogP contribution < -0.4 is 4.90 Å². The molecular weight excluding hydrogens is 436 g/mol. The maximum atomic E-state index is 13.1. The highest BCUT2D eigenvalue weighted by Crippen LogP contribution is 2.45. The number of rotatable bonds is 7. The maximum absolute atomic E-state index is 13.1. The fraction of sp³-hybridized carbons (Fsp3) is 0.278. The quantitative estimate of drug-likeness (QED) is 0.473. The largest absolute Gasteiger partial charge is 0.480 e. The van der Waals surface area contributed by atoms with Gasteiger partial charge in [-0.1, -0.05) is 42.2 Å². The number of carboxylic acid groups (broad SMARTS) is 2. The molecule has 3 rings (SSSR count). The van der Waals surface area contributed by atoms with Gasteiger partial charge >= 0.3 is 11.9 Å². The number of benzene rings is 1. The first-order valence-electron chi connectivity index (χ1n) is 8.42. The number of aliphatic carboxylic acids is 2.